The second kappa shape index (κ2) is 9.31. The number of piperidine rings is 1. The van der Waals surface area contributed by atoms with Gasteiger partial charge in [-0.05, 0) is 55.8 Å². The molecule has 1 fully saturated rings. The summed E-state index contributed by atoms with van der Waals surface area (Å²) >= 11 is 3.51. The number of hydrogen-bond donors (Lipinski definition) is 2. The molecule has 0 spiro atoms. The molecule has 5 rings (SSSR count). The minimum Gasteiger partial charge on any atom is -0.494 e. The van der Waals surface area contributed by atoms with E-state index in [-0.39, 0.29) is 5.88 Å². The number of nitrogens with one attached hydrogen (secondary N) is 1. The summed E-state index contributed by atoms with van der Waals surface area (Å²) in [6.45, 7) is 3.37. The van der Waals surface area contributed by atoms with Crippen molar-refractivity contribution in [1.29, 1.82) is 0 Å². The first-order chi connectivity index (χ1) is 15.7. The van der Waals surface area contributed by atoms with Gasteiger partial charge in [0, 0.05) is 22.0 Å². The van der Waals surface area contributed by atoms with Gasteiger partial charge in [-0.15, -0.1) is 0 Å². The minimum absolute atomic E-state index is 0.127. The Morgan fingerprint density at radius 2 is 1.69 bits per heavy atom. The summed E-state index contributed by atoms with van der Waals surface area (Å²) in [6, 6.07) is 24.5. The average Bonchev–Trinajstić information content (AvgIpc) is 3.14. The van der Waals surface area contributed by atoms with E-state index in [2.05, 4.69) is 50.1 Å². The lowest BCUT2D eigenvalue weighted by atomic mass is 10.0. The maximum atomic E-state index is 10.8. The predicted octanol–water partition coefficient (Wildman–Crippen LogP) is 6.79. The molecular weight excluding hydrogens is 462 g/mol. The number of hydrogen-bond acceptors (Lipinski definition) is 3. The predicted molar refractivity (Wildman–Crippen MR) is 135 cm³/mol. The fourth-order valence-corrected chi connectivity index (χ4v) is 4.80. The minimum atomic E-state index is 0.127. The van der Waals surface area contributed by atoms with Crippen molar-refractivity contribution in [1.82, 2.24) is 9.88 Å². The zero-order valence-corrected chi connectivity index (χ0v) is 19.5. The summed E-state index contributed by atoms with van der Waals surface area (Å²) in [4.78, 5) is 10.6. The number of likely N-dealkylation sites (tertiary alicyclic amines) is 1. The quantitative estimate of drug-likeness (QED) is 0.304. The lowest BCUT2D eigenvalue weighted by molar-refractivity contribution is 0.221. The first-order valence-corrected chi connectivity index (χ1v) is 11.9. The molecule has 0 atom stereocenters. The normalized spacial score (nSPS) is 15.3. The van der Waals surface area contributed by atoms with Gasteiger partial charge in [0.25, 0.3) is 0 Å². The second-order valence-corrected chi connectivity index (χ2v) is 9.28. The summed E-state index contributed by atoms with van der Waals surface area (Å²) in [6.07, 6.45) is 3.95. The Morgan fingerprint density at radius 1 is 0.938 bits per heavy atom. The van der Waals surface area contributed by atoms with Crippen LogP contribution in [-0.4, -0.2) is 33.8 Å². The van der Waals surface area contributed by atoms with E-state index in [1.807, 2.05) is 48.5 Å². The molecule has 1 aliphatic heterocycles. The molecular formula is C27H26BrN3O. The molecule has 0 unspecified atom stereocenters. The van der Waals surface area contributed by atoms with E-state index >= 15 is 0 Å². The van der Waals surface area contributed by atoms with Gasteiger partial charge >= 0.3 is 0 Å². The van der Waals surface area contributed by atoms with Gasteiger partial charge in [0.1, 0.15) is 0 Å². The molecule has 1 saturated heterocycles. The molecule has 32 heavy (non-hydrogen) atoms. The topological polar surface area (TPSA) is 51.6 Å². The van der Waals surface area contributed by atoms with Gasteiger partial charge in [-0.2, -0.15) is 0 Å². The van der Waals surface area contributed by atoms with Gasteiger partial charge < -0.3 is 10.1 Å². The Bertz CT molecular complexity index is 1240. The third kappa shape index (κ3) is 4.50. The van der Waals surface area contributed by atoms with Crippen LogP contribution in [0.3, 0.4) is 0 Å². The number of fused-ring (bicyclic) bond motifs is 1. The van der Waals surface area contributed by atoms with Crippen LogP contribution in [0.5, 0.6) is 5.88 Å². The standard InChI is InChI=1S/C27H26BrN3O/c28-21-11-14-23-24(17-21)30-27(32)25(23)26(20-7-3-1-4-8-20)29-22-12-9-19(10-13-22)18-31-15-5-2-6-16-31/h1,3-4,7-14,17,30,32H,2,5-6,15-16,18H2. The van der Waals surface area contributed by atoms with Crippen LogP contribution in [0.2, 0.25) is 0 Å². The molecule has 0 aliphatic carbocycles. The number of aromatic hydroxyl groups is 1. The van der Waals surface area contributed by atoms with Crippen LogP contribution in [0.4, 0.5) is 5.69 Å². The summed E-state index contributed by atoms with van der Waals surface area (Å²) < 4.78 is 0.959. The van der Waals surface area contributed by atoms with Crippen LogP contribution >= 0.6 is 15.9 Å². The van der Waals surface area contributed by atoms with Crippen molar-refractivity contribution in [3.05, 3.63) is 94.0 Å². The summed E-state index contributed by atoms with van der Waals surface area (Å²) in [7, 11) is 0. The molecule has 0 radical (unpaired) electrons. The Morgan fingerprint density at radius 3 is 2.44 bits per heavy atom. The number of nitrogens with zero attached hydrogens (tertiary/aromatic N) is 2. The molecule has 0 bridgehead atoms. The van der Waals surface area contributed by atoms with Crippen LogP contribution < -0.4 is 0 Å². The smallest absolute Gasteiger partial charge is 0.199 e. The largest absolute Gasteiger partial charge is 0.494 e. The number of aromatic nitrogens is 1. The van der Waals surface area contributed by atoms with Crippen LogP contribution in [0.1, 0.15) is 36.0 Å². The van der Waals surface area contributed by atoms with Crippen molar-refractivity contribution in [3.8, 4) is 5.88 Å². The van der Waals surface area contributed by atoms with Crippen LogP contribution in [-0.2, 0) is 6.54 Å². The van der Waals surface area contributed by atoms with E-state index in [1.165, 1.54) is 37.9 Å². The Balaban J connectivity index is 1.53. The zero-order chi connectivity index (χ0) is 21.9. The molecule has 5 heteroatoms. The van der Waals surface area contributed by atoms with Crippen molar-refractivity contribution in [2.45, 2.75) is 25.8 Å². The van der Waals surface area contributed by atoms with E-state index in [0.29, 0.717) is 0 Å². The molecule has 4 aromatic rings. The molecule has 4 nitrogen and oxygen atoms in total. The molecule has 2 N–H and O–H groups in total. The SMILES string of the molecule is Oc1[nH]c2cc(Br)ccc2c1C(=Nc1ccc(CN2CCCCC2)cc1)c1ccccc1. The molecule has 0 amide bonds. The van der Waals surface area contributed by atoms with Gasteiger partial charge in [0.15, 0.2) is 5.88 Å². The van der Waals surface area contributed by atoms with E-state index in [9.17, 15) is 5.11 Å². The fourth-order valence-electron chi connectivity index (χ4n) is 4.44. The van der Waals surface area contributed by atoms with E-state index in [0.717, 1.165) is 44.4 Å². The third-order valence-electron chi connectivity index (χ3n) is 6.06. The van der Waals surface area contributed by atoms with E-state index in [4.69, 9.17) is 4.99 Å². The molecule has 3 aromatic carbocycles. The van der Waals surface area contributed by atoms with Crippen molar-refractivity contribution >= 4 is 38.2 Å². The van der Waals surface area contributed by atoms with E-state index in [1.54, 1.807) is 0 Å². The average molecular weight is 488 g/mol. The zero-order valence-electron chi connectivity index (χ0n) is 17.9. The van der Waals surface area contributed by atoms with Crippen molar-refractivity contribution in [2.75, 3.05) is 13.1 Å². The van der Waals surface area contributed by atoms with Crippen molar-refractivity contribution < 1.29 is 5.11 Å². The first-order valence-electron chi connectivity index (χ1n) is 11.1. The molecule has 1 aromatic heterocycles. The van der Waals surface area contributed by atoms with Gasteiger partial charge in [0.05, 0.1) is 22.5 Å². The van der Waals surface area contributed by atoms with Crippen molar-refractivity contribution in [3.63, 3.8) is 0 Å². The van der Waals surface area contributed by atoms with Crippen LogP contribution in [0.25, 0.3) is 10.9 Å². The van der Waals surface area contributed by atoms with Crippen LogP contribution in [0.15, 0.2) is 82.3 Å². The lowest BCUT2D eigenvalue weighted by Crippen LogP contribution is -2.28. The lowest BCUT2D eigenvalue weighted by Gasteiger charge is -2.26. The number of aliphatic imine (C=N–C) groups is 1. The van der Waals surface area contributed by atoms with Crippen LogP contribution in [0, 0.1) is 0 Å². The van der Waals surface area contributed by atoms with Crippen molar-refractivity contribution in [2.24, 2.45) is 4.99 Å². The highest BCUT2D eigenvalue weighted by atomic mass is 79.9. The third-order valence-corrected chi connectivity index (χ3v) is 6.55. The monoisotopic (exact) mass is 487 g/mol. The summed E-state index contributed by atoms with van der Waals surface area (Å²) in [5.41, 5.74) is 5.48. The number of rotatable bonds is 5. The molecule has 162 valence electrons. The summed E-state index contributed by atoms with van der Waals surface area (Å²) in [5.74, 6) is 0.127. The maximum Gasteiger partial charge on any atom is 0.199 e. The maximum absolute atomic E-state index is 10.8. The second-order valence-electron chi connectivity index (χ2n) is 8.37. The van der Waals surface area contributed by atoms with Gasteiger partial charge in [-0.3, -0.25) is 4.90 Å². The van der Waals surface area contributed by atoms with Gasteiger partial charge in [-0.1, -0.05) is 70.9 Å². The number of benzene rings is 3. The molecule has 1 aliphatic rings. The highest BCUT2D eigenvalue weighted by molar-refractivity contribution is 9.10. The Hall–Kier alpha value is -2.89. The Labute approximate surface area is 196 Å². The first kappa shape index (κ1) is 21.0. The van der Waals surface area contributed by atoms with Gasteiger partial charge in [0.2, 0.25) is 0 Å². The highest BCUT2D eigenvalue weighted by Gasteiger charge is 2.19. The Kier molecular flexibility index (Phi) is 6.10. The number of H-pyrrole nitrogens is 1. The molecule has 2 heterocycles. The number of aromatic amines is 1. The summed E-state index contributed by atoms with van der Waals surface area (Å²) in [5, 5.41) is 11.7. The highest BCUT2D eigenvalue weighted by Crippen LogP contribution is 2.33. The fraction of sp³-hybridized carbons (Fsp3) is 0.222. The van der Waals surface area contributed by atoms with Gasteiger partial charge in [-0.25, -0.2) is 4.99 Å². The van der Waals surface area contributed by atoms with E-state index < -0.39 is 0 Å². The number of halogens is 1. The molecule has 0 saturated carbocycles.